The van der Waals surface area contributed by atoms with Gasteiger partial charge in [-0.15, -0.1) is 0 Å². The lowest BCUT2D eigenvalue weighted by Crippen LogP contribution is -2.22. The predicted octanol–water partition coefficient (Wildman–Crippen LogP) is 1.91. The molecule has 1 aromatic heterocycles. The maximum atomic E-state index is 11.8. The molecule has 0 spiro atoms. The van der Waals surface area contributed by atoms with E-state index in [9.17, 15) is 9.59 Å². The van der Waals surface area contributed by atoms with Gasteiger partial charge in [0.1, 0.15) is 0 Å². The SMILES string of the molecule is Cn1cc(C(=O)NN=Cc2ccc(Br)cc2)ccc1=O. The monoisotopic (exact) mass is 333 g/mol. The molecule has 20 heavy (non-hydrogen) atoms. The molecule has 0 saturated carbocycles. The first-order chi connectivity index (χ1) is 9.56. The minimum absolute atomic E-state index is 0.167. The highest BCUT2D eigenvalue weighted by molar-refractivity contribution is 9.10. The molecule has 0 aliphatic carbocycles. The summed E-state index contributed by atoms with van der Waals surface area (Å²) in [6, 6.07) is 10.3. The molecule has 6 heteroatoms. The Kier molecular flexibility index (Phi) is 4.47. The summed E-state index contributed by atoms with van der Waals surface area (Å²) in [7, 11) is 1.59. The summed E-state index contributed by atoms with van der Waals surface area (Å²) in [5.74, 6) is -0.367. The summed E-state index contributed by atoms with van der Waals surface area (Å²) >= 11 is 3.34. The third-order valence-corrected chi connectivity index (χ3v) is 3.13. The van der Waals surface area contributed by atoms with Crippen molar-refractivity contribution in [1.29, 1.82) is 0 Å². The van der Waals surface area contributed by atoms with Crippen molar-refractivity contribution in [3.05, 3.63) is 68.5 Å². The summed E-state index contributed by atoms with van der Waals surface area (Å²) in [5, 5.41) is 3.87. The van der Waals surface area contributed by atoms with Gasteiger partial charge in [-0.25, -0.2) is 5.43 Å². The van der Waals surface area contributed by atoms with Crippen LogP contribution >= 0.6 is 15.9 Å². The van der Waals surface area contributed by atoms with Gasteiger partial charge in [-0.05, 0) is 23.8 Å². The second kappa shape index (κ2) is 6.29. The van der Waals surface area contributed by atoms with Crippen LogP contribution in [-0.4, -0.2) is 16.7 Å². The van der Waals surface area contributed by atoms with E-state index in [1.807, 2.05) is 24.3 Å². The summed E-state index contributed by atoms with van der Waals surface area (Å²) in [5.41, 5.74) is 3.49. The normalized spacial score (nSPS) is 10.7. The fraction of sp³-hybridized carbons (Fsp3) is 0.0714. The summed E-state index contributed by atoms with van der Waals surface area (Å²) in [6.07, 6.45) is 3.01. The van der Waals surface area contributed by atoms with Gasteiger partial charge in [0, 0.05) is 23.8 Å². The van der Waals surface area contributed by atoms with Crippen molar-refractivity contribution in [1.82, 2.24) is 9.99 Å². The molecule has 102 valence electrons. The number of hydrogen-bond acceptors (Lipinski definition) is 3. The Morgan fingerprint density at radius 3 is 2.60 bits per heavy atom. The highest BCUT2D eigenvalue weighted by Gasteiger charge is 2.04. The number of aryl methyl sites for hydroxylation is 1. The Balaban J connectivity index is 2.03. The van der Waals surface area contributed by atoms with Crippen LogP contribution in [0.5, 0.6) is 0 Å². The molecule has 2 aromatic rings. The number of benzene rings is 1. The molecule has 1 amide bonds. The topological polar surface area (TPSA) is 63.5 Å². The van der Waals surface area contributed by atoms with Gasteiger partial charge in [-0.2, -0.15) is 5.10 Å². The van der Waals surface area contributed by atoms with Crippen LogP contribution in [0.4, 0.5) is 0 Å². The molecule has 1 aromatic carbocycles. The molecule has 0 bridgehead atoms. The van der Waals surface area contributed by atoms with Gasteiger partial charge < -0.3 is 4.57 Å². The van der Waals surface area contributed by atoms with Crippen LogP contribution < -0.4 is 11.0 Å². The molecule has 0 aliphatic rings. The van der Waals surface area contributed by atoms with Crippen molar-refractivity contribution in [2.24, 2.45) is 12.1 Å². The van der Waals surface area contributed by atoms with E-state index in [-0.39, 0.29) is 11.5 Å². The van der Waals surface area contributed by atoms with Crippen LogP contribution in [0.25, 0.3) is 0 Å². The van der Waals surface area contributed by atoms with Gasteiger partial charge in [0.15, 0.2) is 0 Å². The Bertz CT molecular complexity index is 705. The summed E-state index contributed by atoms with van der Waals surface area (Å²) in [4.78, 5) is 23.0. The molecule has 0 atom stereocenters. The quantitative estimate of drug-likeness (QED) is 0.688. The van der Waals surface area contributed by atoms with E-state index in [2.05, 4.69) is 26.5 Å². The number of carbonyl (C=O) groups is 1. The van der Waals surface area contributed by atoms with Gasteiger partial charge in [0.05, 0.1) is 11.8 Å². The molecule has 0 aliphatic heterocycles. The molecular formula is C14H12BrN3O2. The average Bonchev–Trinajstić information content (AvgIpc) is 2.44. The number of nitrogens with one attached hydrogen (secondary N) is 1. The fourth-order valence-corrected chi connectivity index (χ4v) is 1.77. The minimum Gasteiger partial charge on any atom is -0.318 e. The Labute approximate surface area is 124 Å². The smallest absolute Gasteiger partial charge is 0.272 e. The fourth-order valence-electron chi connectivity index (χ4n) is 1.51. The predicted molar refractivity (Wildman–Crippen MR) is 80.9 cm³/mol. The lowest BCUT2D eigenvalue weighted by atomic mass is 10.2. The number of aromatic nitrogens is 1. The highest BCUT2D eigenvalue weighted by atomic mass is 79.9. The van der Waals surface area contributed by atoms with E-state index < -0.39 is 0 Å². The molecule has 0 saturated heterocycles. The van der Waals surface area contributed by atoms with E-state index in [1.54, 1.807) is 13.3 Å². The van der Waals surface area contributed by atoms with Crippen molar-refractivity contribution in [3.8, 4) is 0 Å². The third kappa shape index (κ3) is 3.64. The van der Waals surface area contributed by atoms with Gasteiger partial charge in [-0.3, -0.25) is 9.59 Å². The maximum absolute atomic E-state index is 11.8. The number of halogens is 1. The van der Waals surface area contributed by atoms with Gasteiger partial charge in [0.25, 0.3) is 5.91 Å². The molecule has 0 radical (unpaired) electrons. The zero-order chi connectivity index (χ0) is 14.5. The van der Waals surface area contributed by atoms with Crippen molar-refractivity contribution in [3.63, 3.8) is 0 Å². The minimum atomic E-state index is -0.367. The van der Waals surface area contributed by atoms with Crippen LogP contribution in [0.15, 0.2) is 57.0 Å². The molecule has 1 N–H and O–H groups in total. The first-order valence-corrected chi connectivity index (χ1v) is 6.61. The van der Waals surface area contributed by atoms with E-state index in [0.29, 0.717) is 5.56 Å². The van der Waals surface area contributed by atoms with E-state index in [4.69, 9.17) is 0 Å². The Hall–Kier alpha value is -2.21. The standard InChI is InChI=1S/C14H12BrN3O2/c1-18-9-11(4-7-13(18)19)14(20)17-16-8-10-2-5-12(15)6-3-10/h2-9H,1H3,(H,17,20). The second-order valence-electron chi connectivity index (χ2n) is 4.12. The Morgan fingerprint density at radius 2 is 1.95 bits per heavy atom. The lowest BCUT2D eigenvalue weighted by Gasteiger charge is -2.02. The second-order valence-corrected chi connectivity index (χ2v) is 5.03. The van der Waals surface area contributed by atoms with E-state index in [1.165, 1.54) is 22.9 Å². The van der Waals surface area contributed by atoms with Gasteiger partial charge in [-0.1, -0.05) is 28.1 Å². The van der Waals surface area contributed by atoms with Crippen LogP contribution in [0.3, 0.4) is 0 Å². The number of pyridine rings is 1. The number of rotatable bonds is 3. The first-order valence-electron chi connectivity index (χ1n) is 5.82. The number of nitrogens with zero attached hydrogens (tertiary/aromatic N) is 2. The van der Waals surface area contributed by atoms with E-state index >= 15 is 0 Å². The van der Waals surface area contributed by atoms with Crippen molar-refractivity contribution in [2.45, 2.75) is 0 Å². The molecule has 0 fully saturated rings. The molecule has 2 rings (SSSR count). The molecule has 1 heterocycles. The molecule has 0 unspecified atom stereocenters. The van der Waals surface area contributed by atoms with Crippen LogP contribution in [0.2, 0.25) is 0 Å². The largest absolute Gasteiger partial charge is 0.318 e. The van der Waals surface area contributed by atoms with Crippen molar-refractivity contribution >= 4 is 28.1 Å². The van der Waals surface area contributed by atoms with Crippen LogP contribution in [0, 0.1) is 0 Å². The number of hydrazone groups is 1. The number of amides is 1. The van der Waals surface area contributed by atoms with Crippen molar-refractivity contribution < 1.29 is 4.79 Å². The van der Waals surface area contributed by atoms with Gasteiger partial charge >= 0.3 is 0 Å². The molecule has 5 nitrogen and oxygen atoms in total. The van der Waals surface area contributed by atoms with Gasteiger partial charge in [0.2, 0.25) is 5.56 Å². The molecular weight excluding hydrogens is 322 g/mol. The maximum Gasteiger partial charge on any atom is 0.272 e. The summed E-state index contributed by atoms with van der Waals surface area (Å²) in [6.45, 7) is 0. The zero-order valence-electron chi connectivity index (χ0n) is 10.7. The first kappa shape index (κ1) is 14.2. The number of carbonyl (C=O) groups excluding carboxylic acids is 1. The Morgan fingerprint density at radius 1 is 1.25 bits per heavy atom. The van der Waals surface area contributed by atoms with Crippen LogP contribution in [0.1, 0.15) is 15.9 Å². The van der Waals surface area contributed by atoms with Crippen LogP contribution in [-0.2, 0) is 7.05 Å². The lowest BCUT2D eigenvalue weighted by molar-refractivity contribution is 0.0954. The average molecular weight is 334 g/mol. The third-order valence-electron chi connectivity index (χ3n) is 2.60. The van der Waals surface area contributed by atoms with Crippen molar-refractivity contribution in [2.75, 3.05) is 0 Å². The zero-order valence-corrected chi connectivity index (χ0v) is 12.3. The number of hydrogen-bond donors (Lipinski definition) is 1. The highest BCUT2D eigenvalue weighted by Crippen LogP contribution is 2.08. The summed E-state index contributed by atoms with van der Waals surface area (Å²) < 4.78 is 2.32. The van der Waals surface area contributed by atoms with E-state index in [0.717, 1.165) is 10.0 Å².